The molecule has 3 rings (SSSR count). The van der Waals surface area contributed by atoms with Gasteiger partial charge in [-0.3, -0.25) is 10.7 Å². The standard InChI is InChI=1S/C12H11N3O2S.Co/c1-17-8-2-3-9-7(4-8)5-10-11(9)15-12(18-10)13-6-14-16;/h2-4,6,16H,5H2,1H3,(H,13,14,15);/q;+2. The van der Waals surface area contributed by atoms with E-state index in [9.17, 15) is 0 Å². The van der Waals surface area contributed by atoms with Crippen molar-refractivity contribution >= 4 is 22.8 Å². The largest absolute Gasteiger partial charge is 2.00 e. The number of nitrogens with one attached hydrogen (secondary N) is 1. The van der Waals surface area contributed by atoms with Gasteiger partial charge >= 0.3 is 16.8 Å². The first kappa shape index (κ1) is 14.0. The van der Waals surface area contributed by atoms with Crippen LogP contribution in [0.5, 0.6) is 5.75 Å². The molecule has 1 aromatic heterocycles. The first-order valence-corrected chi connectivity index (χ1v) is 6.22. The van der Waals surface area contributed by atoms with E-state index in [1.54, 1.807) is 7.11 Å². The molecule has 1 heterocycles. The van der Waals surface area contributed by atoms with Crippen LogP contribution in [0.4, 0.5) is 5.13 Å². The van der Waals surface area contributed by atoms with Gasteiger partial charge in [0.05, 0.1) is 12.8 Å². The molecule has 0 aliphatic heterocycles. The molecule has 1 aliphatic rings. The summed E-state index contributed by atoms with van der Waals surface area (Å²) in [4.78, 5) is 9.64. The van der Waals surface area contributed by atoms with Gasteiger partial charge in [-0.05, 0) is 23.8 Å². The Morgan fingerprint density at radius 1 is 1.53 bits per heavy atom. The number of hydroxylamine groups is 1. The Kier molecular flexibility index (Phi) is 4.20. The van der Waals surface area contributed by atoms with Gasteiger partial charge in [-0.2, -0.15) is 0 Å². The van der Waals surface area contributed by atoms with Gasteiger partial charge in [-0.15, -0.1) is 0 Å². The molecule has 99 valence electrons. The number of hydrogen-bond acceptors (Lipinski definition) is 5. The first-order valence-electron chi connectivity index (χ1n) is 5.41. The molecule has 7 heteroatoms. The predicted octanol–water partition coefficient (Wildman–Crippen LogP) is 2.36. The molecule has 2 aromatic rings. The summed E-state index contributed by atoms with van der Waals surface area (Å²) in [6, 6.07) is 6.00. The number of aliphatic imine (C=N–C) groups is 1. The molecule has 0 atom stereocenters. The van der Waals surface area contributed by atoms with Crippen LogP contribution in [0, 0.1) is 0 Å². The van der Waals surface area contributed by atoms with Gasteiger partial charge in [-0.1, -0.05) is 11.3 Å². The molecule has 0 fully saturated rings. The van der Waals surface area contributed by atoms with Gasteiger partial charge in [0.15, 0.2) is 0 Å². The zero-order valence-corrected chi connectivity index (χ0v) is 11.9. The molecular formula is C12H11CoN3O2S+2. The van der Waals surface area contributed by atoms with Gasteiger partial charge in [0.25, 0.3) is 0 Å². The van der Waals surface area contributed by atoms with Gasteiger partial charge in [-0.25, -0.2) is 9.98 Å². The summed E-state index contributed by atoms with van der Waals surface area (Å²) in [5, 5.41) is 9.10. The summed E-state index contributed by atoms with van der Waals surface area (Å²) in [6.45, 7) is 0. The molecule has 0 amide bonds. The van der Waals surface area contributed by atoms with Crippen LogP contribution in [0.25, 0.3) is 11.3 Å². The average Bonchev–Trinajstić information content (AvgIpc) is 2.92. The van der Waals surface area contributed by atoms with Crippen LogP contribution in [0.15, 0.2) is 23.2 Å². The molecule has 1 aromatic carbocycles. The third kappa shape index (κ3) is 2.50. The fourth-order valence-electron chi connectivity index (χ4n) is 2.06. The quantitative estimate of drug-likeness (QED) is 0.442. The summed E-state index contributed by atoms with van der Waals surface area (Å²) in [5.74, 6) is 0.867. The van der Waals surface area contributed by atoms with Crippen molar-refractivity contribution in [1.29, 1.82) is 0 Å². The third-order valence-corrected chi connectivity index (χ3v) is 3.80. The fraction of sp³-hybridized carbons (Fsp3) is 0.167. The second-order valence-electron chi connectivity index (χ2n) is 3.86. The number of thiazole rings is 1. The normalized spacial score (nSPS) is 11.9. The minimum atomic E-state index is 0. The summed E-state index contributed by atoms with van der Waals surface area (Å²) >= 11 is 1.53. The van der Waals surface area contributed by atoms with Crippen LogP contribution in [0.3, 0.4) is 0 Å². The second-order valence-corrected chi connectivity index (χ2v) is 4.92. The van der Waals surface area contributed by atoms with Crippen LogP contribution in [-0.2, 0) is 23.2 Å². The van der Waals surface area contributed by atoms with E-state index in [0.717, 1.165) is 23.4 Å². The van der Waals surface area contributed by atoms with E-state index in [-0.39, 0.29) is 16.8 Å². The molecule has 2 N–H and O–H groups in total. The van der Waals surface area contributed by atoms with Crippen molar-refractivity contribution in [2.45, 2.75) is 6.42 Å². The molecule has 5 nitrogen and oxygen atoms in total. The maximum Gasteiger partial charge on any atom is 2.00 e. The van der Waals surface area contributed by atoms with E-state index < -0.39 is 0 Å². The summed E-state index contributed by atoms with van der Waals surface area (Å²) in [5.41, 5.74) is 5.24. The Labute approximate surface area is 124 Å². The first-order chi connectivity index (χ1) is 8.81. The van der Waals surface area contributed by atoms with E-state index in [2.05, 4.69) is 9.98 Å². The van der Waals surface area contributed by atoms with Gasteiger partial charge in [0.2, 0.25) is 5.13 Å². The minimum absolute atomic E-state index is 0. The van der Waals surface area contributed by atoms with Crippen LogP contribution >= 0.6 is 11.3 Å². The average molecular weight is 320 g/mol. The summed E-state index contributed by atoms with van der Waals surface area (Å²) in [7, 11) is 1.67. The zero-order chi connectivity index (χ0) is 12.5. The Balaban J connectivity index is 0.00000133. The number of aromatic nitrogens is 1. The fourth-order valence-corrected chi connectivity index (χ4v) is 3.00. The van der Waals surface area contributed by atoms with Crippen molar-refractivity contribution in [2.24, 2.45) is 4.99 Å². The van der Waals surface area contributed by atoms with Crippen LogP contribution in [0.1, 0.15) is 10.4 Å². The molecule has 0 bridgehead atoms. The number of nitrogens with zero attached hydrogens (tertiary/aromatic N) is 2. The number of benzene rings is 1. The minimum Gasteiger partial charge on any atom is -0.497 e. The summed E-state index contributed by atoms with van der Waals surface area (Å²) in [6.07, 6.45) is 2.07. The second kappa shape index (κ2) is 5.70. The molecular weight excluding hydrogens is 309 g/mol. The van der Waals surface area contributed by atoms with Crippen molar-refractivity contribution < 1.29 is 26.7 Å². The van der Waals surface area contributed by atoms with Crippen molar-refractivity contribution in [3.63, 3.8) is 0 Å². The Morgan fingerprint density at radius 2 is 2.37 bits per heavy atom. The number of rotatable bonds is 3. The van der Waals surface area contributed by atoms with E-state index in [1.807, 2.05) is 23.7 Å². The van der Waals surface area contributed by atoms with Crippen LogP contribution in [0.2, 0.25) is 0 Å². The predicted molar refractivity (Wildman–Crippen MR) is 70.0 cm³/mol. The molecule has 19 heavy (non-hydrogen) atoms. The SMILES string of the molecule is COc1ccc2c(c1)Cc1sc(/N=C\NO)nc1-2.[Co+2]. The zero-order valence-electron chi connectivity index (χ0n) is 10.0. The maximum atomic E-state index is 8.45. The monoisotopic (exact) mass is 320 g/mol. The Morgan fingerprint density at radius 3 is 3.11 bits per heavy atom. The topological polar surface area (TPSA) is 66.7 Å². The van der Waals surface area contributed by atoms with E-state index in [0.29, 0.717) is 5.13 Å². The van der Waals surface area contributed by atoms with Gasteiger partial charge in [0.1, 0.15) is 12.1 Å². The number of methoxy groups -OCH3 is 1. The van der Waals surface area contributed by atoms with Crippen LogP contribution in [-0.4, -0.2) is 23.6 Å². The van der Waals surface area contributed by atoms with E-state index in [4.69, 9.17) is 9.94 Å². The van der Waals surface area contributed by atoms with Crippen LogP contribution < -0.4 is 10.2 Å². The number of hydrogen-bond donors (Lipinski definition) is 2. The smallest absolute Gasteiger partial charge is 0.497 e. The van der Waals surface area contributed by atoms with Gasteiger partial charge in [0, 0.05) is 16.9 Å². The van der Waals surface area contributed by atoms with E-state index in [1.165, 1.54) is 28.1 Å². The maximum absolute atomic E-state index is 8.45. The molecule has 0 unspecified atom stereocenters. The van der Waals surface area contributed by atoms with E-state index >= 15 is 0 Å². The number of fused-ring (bicyclic) bond motifs is 3. The molecule has 0 saturated heterocycles. The molecule has 1 radical (unpaired) electrons. The molecule has 0 spiro atoms. The molecule has 1 aliphatic carbocycles. The van der Waals surface area contributed by atoms with Crippen molar-refractivity contribution in [3.05, 3.63) is 28.6 Å². The number of ether oxygens (including phenoxy) is 1. The van der Waals surface area contributed by atoms with Crippen molar-refractivity contribution in [3.8, 4) is 17.0 Å². The Hall–Kier alpha value is -1.41. The third-order valence-electron chi connectivity index (χ3n) is 2.84. The van der Waals surface area contributed by atoms with Crippen molar-refractivity contribution in [1.82, 2.24) is 10.5 Å². The molecule has 0 saturated carbocycles. The van der Waals surface area contributed by atoms with Crippen molar-refractivity contribution in [2.75, 3.05) is 7.11 Å². The Bertz CT molecular complexity index is 627. The van der Waals surface area contributed by atoms with Gasteiger partial charge < -0.3 is 4.74 Å². The summed E-state index contributed by atoms with van der Waals surface area (Å²) < 4.78 is 5.22.